The number of rotatable bonds is 6. The van der Waals surface area contributed by atoms with E-state index in [1.165, 1.54) is 12.7 Å². The number of hydrogen-bond acceptors (Lipinski definition) is 7. The molecule has 4 rings (SSSR count). The quantitative estimate of drug-likeness (QED) is 0.481. The minimum absolute atomic E-state index is 0. The van der Waals surface area contributed by atoms with Crippen LogP contribution in [-0.2, 0) is 0 Å². The largest absolute Gasteiger partial charge is 0.369 e. The lowest BCUT2D eigenvalue weighted by molar-refractivity contribution is 0.0964. The van der Waals surface area contributed by atoms with Crippen LogP contribution in [0.4, 0.5) is 5.82 Å². The van der Waals surface area contributed by atoms with Gasteiger partial charge in [-0.3, -0.25) is 9.78 Å². The second-order valence-electron chi connectivity index (χ2n) is 6.88. The summed E-state index contributed by atoms with van der Waals surface area (Å²) >= 11 is 0. The molecule has 0 fully saturated rings. The maximum absolute atomic E-state index is 12.2. The molecule has 0 saturated carbocycles. The van der Waals surface area contributed by atoms with Gasteiger partial charge in [0.15, 0.2) is 0 Å². The molecule has 0 radical (unpaired) electrons. The summed E-state index contributed by atoms with van der Waals surface area (Å²) < 4.78 is 0. The first-order chi connectivity index (χ1) is 14.7. The summed E-state index contributed by atoms with van der Waals surface area (Å²) in [4.78, 5) is 33.4. The molecular formula is C22H23N7OS. The molecule has 0 bridgehead atoms. The smallest absolute Gasteiger partial charge is 0.251 e. The van der Waals surface area contributed by atoms with E-state index in [0.29, 0.717) is 12.1 Å². The first-order valence-corrected chi connectivity index (χ1v) is 9.58. The highest BCUT2D eigenvalue weighted by molar-refractivity contribution is 7.59. The van der Waals surface area contributed by atoms with Crippen LogP contribution in [0.3, 0.4) is 0 Å². The summed E-state index contributed by atoms with van der Waals surface area (Å²) in [5.41, 5.74) is 4.10. The van der Waals surface area contributed by atoms with E-state index in [4.69, 9.17) is 0 Å². The fourth-order valence-electron chi connectivity index (χ4n) is 3.34. The van der Waals surface area contributed by atoms with E-state index in [2.05, 4.69) is 42.5 Å². The molecule has 1 atom stereocenters. The number of fused-ring (bicyclic) bond motifs is 1. The Morgan fingerprint density at radius 2 is 1.87 bits per heavy atom. The molecule has 0 unspecified atom stereocenters. The van der Waals surface area contributed by atoms with Crippen LogP contribution < -0.4 is 10.6 Å². The first-order valence-electron chi connectivity index (χ1n) is 9.58. The molecule has 0 aliphatic heterocycles. The van der Waals surface area contributed by atoms with E-state index < -0.39 is 0 Å². The Kier molecular flexibility index (Phi) is 7.09. The molecular weight excluding hydrogens is 410 g/mol. The third kappa shape index (κ3) is 4.77. The molecule has 8 nitrogen and oxygen atoms in total. The van der Waals surface area contributed by atoms with Crippen LogP contribution in [0, 0.1) is 0 Å². The van der Waals surface area contributed by atoms with Gasteiger partial charge in [0.25, 0.3) is 5.91 Å². The Labute approximate surface area is 187 Å². The molecule has 1 aromatic carbocycles. The maximum Gasteiger partial charge on any atom is 0.251 e. The van der Waals surface area contributed by atoms with Crippen LogP contribution in [0.5, 0.6) is 0 Å². The minimum Gasteiger partial charge on any atom is -0.369 e. The van der Waals surface area contributed by atoms with Crippen LogP contribution >= 0.6 is 13.5 Å². The van der Waals surface area contributed by atoms with Gasteiger partial charge >= 0.3 is 0 Å². The van der Waals surface area contributed by atoms with E-state index in [1.54, 1.807) is 31.7 Å². The molecule has 158 valence electrons. The number of para-hydroxylation sites is 1. The third-order valence-electron chi connectivity index (χ3n) is 4.92. The van der Waals surface area contributed by atoms with E-state index in [-0.39, 0.29) is 25.3 Å². The zero-order chi connectivity index (χ0) is 20.9. The predicted molar refractivity (Wildman–Crippen MR) is 125 cm³/mol. The molecule has 2 N–H and O–H groups in total. The van der Waals surface area contributed by atoms with Gasteiger partial charge in [-0.2, -0.15) is 13.5 Å². The number of nitrogens with zero attached hydrogens (tertiary/aromatic N) is 5. The molecule has 0 spiro atoms. The molecule has 3 aromatic heterocycles. The highest BCUT2D eigenvalue weighted by Crippen LogP contribution is 2.26. The van der Waals surface area contributed by atoms with Crippen LogP contribution in [0.1, 0.15) is 28.8 Å². The lowest BCUT2D eigenvalue weighted by Crippen LogP contribution is -2.18. The summed E-state index contributed by atoms with van der Waals surface area (Å²) in [7, 11) is 1.63. The van der Waals surface area contributed by atoms with Crippen molar-refractivity contribution in [1.82, 2.24) is 30.2 Å². The van der Waals surface area contributed by atoms with Crippen LogP contribution in [0.2, 0.25) is 0 Å². The average molecular weight is 434 g/mol. The fourth-order valence-corrected chi connectivity index (χ4v) is 3.34. The number of aromatic nitrogens is 5. The summed E-state index contributed by atoms with van der Waals surface area (Å²) in [6, 6.07) is 9.54. The first kappa shape index (κ1) is 22.1. The number of benzene rings is 1. The van der Waals surface area contributed by atoms with Crippen molar-refractivity contribution in [2.75, 3.05) is 18.9 Å². The SMILES string of the molecule is CNC(=O)c1ccnc2c([C@H](C)CNc3cc(-c4cncnc4)ncn3)cccc12.S. The van der Waals surface area contributed by atoms with Crippen molar-refractivity contribution in [3.05, 3.63) is 72.7 Å². The van der Waals surface area contributed by atoms with Crippen molar-refractivity contribution in [1.29, 1.82) is 0 Å². The van der Waals surface area contributed by atoms with Gasteiger partial charge in [-0.25, -0.2) is 19.9 Å². The van der Waals surface area contributed by atoms with Crippen LogP contribution in [0.15, 0.2) is 61.6 Å². The topological polar surface area (TPSA) is 106 Å². The van der Waals surface area contributed by atoms with Gasteiger partial charge in [0, 0.05) is 55.1 Å². The molecule has 0 aliphatic rings. The second-order valence-corrected chi connectivity index (χ2v) is 6.88. The van der Waals surface area contributed by atoms with Gasteiger partial charge in [0.2, 0.25) is 0 Å². The molecule has 4 aromatic rings. The highest BCUT2D eigenvalue weighted by Gasteiger charge is 2.15. The van der Waals surface area contributed by atoms with Gasteiger partial charge in [0.1, 0.15) is 18.5 Å². The number of carbonyl (C=O) groups is 1. The number of carbonyl (C=O) groups excluding carboxylic acids is 1. The fraction of sp³-hybridized carbons (Fsp3) is 0.182. The summed E-state index contributed by atoms with van der Waals surface area (Å²) in [5, 5.41) is 6.89. The monoisotopic (exact) mass is 433 g/mol. The number of nitrogens with one attached hydrogen (secondary N) is 2. The van der Waals surface area contributed by atoms with Crippen LogP contribution in [-0.4, -0.2) is 44.4 Å². The Hall–Kier alpha value is -3.59. The number of anilines is 1. The minimum atomic E-state index is -0.122. The van der Waals surface area contributed by atoms with Gasteiger partial charge in [-0.1, -0.05) is 25.1 Å². The Morgan fingerprint density at radius 1 is 1.06 bits per heavy atom. The summed E-state index contributed by atoms with van der Waals surface area (Å²) in [6.07, 6.45) is 8.11. The summed E-state index contributed by atoms with van der Waals surface area (Å²) in [6.45, 7) is 2.76. The Bertz CT molecular complexity index is 1190. The van der Waals surface area contributed by atoms with Crippen molar-refractivity contribution in [2.45, 2.75) is 12.8 Å². The lowest BCUT2D eigenvalue weighted by Gasteiger charge is -2.16. The second kappa shape index (κ2) is 9.94. The molecule has 0 saturated heterocycles. The third-order valence-corrected chi connectivity index (χ3v) is 4.92. The number of pyridine rings is 1. The molecule has 31 heavy (non-hydrogen) atoms. The summed E-state index contributed by atoms with van der Waals surface area (Å²) in [5.74, 6) is 0.735. The Morgan fingerprint density at radius 3 is 2.65 bits per heavy atom. The molecule has 3 heterocycles. The van der Waals surface area contributed by atoms with Gasteiger partial charge < -0.3 is 10.6 Å². The predicted octanol–water partition coefficient (Wildman–Crippen LogP) is 3.17. The van der Waals surface area contributed by atoms with Crippen molar-refractivity contribution in [2.24, 2.45) is 0 Å². The van der Waals surface area contributed by atoms with E-state index >= 15 is 0 Å². The normalized spacial score (nSPS) is 11.4. The van der Waals surface area contributed by atoms with E-state index in [1.807, 2.05) is 24.3 Å². The average Bonchev–Trinajstić information content (AvgIpc) is 2.82. The van der Waals surface area contributed by atoms with Crippen molar-refractivity contribution in [3.8, 4) is 11.3 Å². The van der Waals surface area contributed by atoms with Gasteiger partial charge in [-0.05, 0) is 11.6 Å². The van der Waals surface area contributed by atoms with E-state index in [9.17, 15) is 4.79 Å². The zero-order valence-corrected chi connectivity index (χ0v) is 18.2. The van der Waals surface area contributed by atoms with Crippen LogP contribution in [0.25, 0.3) is 22.2 Å². The number of amides is 1. The number of hydrogen-bond donors (Lipinski definition) is 2. The van der Waals surface area contributed by atoms with Crippen molar-refractivity contribution in [3.63, 3.8) is 0 Å². The Balaban J connectivity index is 0.00000272. The van der Waals surface area contributed by atoms with Gasteiger partial charge in [0.05, 0.1) is 16.8 Å². The zero-order valence-electron chi connectivity index (χ0n) is 17.2. The van der Waals surface area contributed by atoms with Crippen molar-refractivity contribution >= 4 is 36.1 Å². The standard InChI is InChI=1S/C22H21N7O.H2S/c1-14(9-27-20-8-19(28-13-29-20)15-10-24-12-25-11-15)16-4-3-5-17-18(22(30)23-2)6-7-26-21(16)17;/h3-8,10-14H,9H2,1-2H3,(H,23,30)(H,27,28,29);1H2/t14-;/m1./s1. The molecule has 0 aliphatic carbocycles. The molecule has 9 heteroatoms. The molecule has 1 amide bonds. The lowest BCUT2D eigenvalue weighted by atomic mass is 9.96. The van der Waals surface area contributed by atoms with Gasteiger partial charge in [-0.15, -0.1) is 0 Å². The highest BCUT2D eigenvalue weighted by atomic mass is 32.1. The maximum atomic E-state index is 12.2. The van der Waals surface area contributed by atoms with Crippen molar-refractivity contribution < 1.29 is 4.79 Å². The van der Waals surface area contributed by atoms with E-state index in [0.717, 1.165) is 33.5 Å².